The molecule has 0 aliphatic heterocycles. The quantitative estimate of drug-likeness (QED) is 0.758. The summed E-state index contributed by atoms with van der Waals surface area (Å²) in [5.41, 5.74) is 2.22. The van der Waals surface area contributed by atoms with Gasteiger partial charge in [0.05, 0.1) is 7.11 Å². The van der Waals surface area contributed by atoms with E-state index in [1.165, 1.54) is 5.56 Å². The highest BCUT2D eigenvalue weighted by Gasteiger charge is 2.29. The molecule has 1 saturated carbocycles. The number of nitrogens with zero attached hydrogens (tertiary/aromatic N) is 1. The third kappa shape index (κ3) is 5.11. The van der Waals surface area contributed by atoms with Gasteiger partial charge in [0.25, 0.3) is 0 Å². The van der Waals surface area contributed by atoms with Crippen molar-refractivity contribution in [2.45, 2.75) is 64.0 Å². The molecule has 1 aromatic carbocycles. The molecule has 0 radical (unpaired) electrons. The van der Waals surface area contributed by atoms with E-state index >= 15 is 0 Å². The van der Waals surface area contributed by atoms with Crippen molar-refractivity contribution in [1.82, 2.24) is 4.90 Å². The summed E-state index contributed by atoms with van der Waals surface area (Å²) in [6.07, 6.45) is 5.17. The fraction of sp³-hybridized carbons (Fsp3) is 0.650. The summed E-state index contributed by atoms with van der Waals surface area (Å²) in [4.78, 5) is 13.9. The Morgan fingerprint density at radius 3 is 2.72 bits per heavy atom. The minimum Gasteiger partial charge on any atom is -0.504 e. The van der Waals surface area contributed by atoms with Crippen LogP contribution in [0.2, 0.25) is 0 Å². The highest BCUT2D eigenvalue weighted by molar-refractivity contribution is 5.69. The molecule has 5 nitrogen and oxygen atoms in total. The van der Waals surface area contributed by atoms with E-state index in [9.17, 15) is 9.90 Å². The Balaban J connectivity index is 2.23. The third-order valence-corrected chi connectivity index (χ3v) is 4.77. The first-order valence-electron chi connectivity index (χ1n) is 9.19. The molecule has 25 heavy (non-hydrogen) atoms. The molecule has 1 aliphatic carbocycles. The standard InChI is InChI=1S/C20H31NO4/c1-5-7-19(23)25-15-9-6-8-14(12-15)16-10-11-18(22)20(24-4)17(16)13-21(2)3/h10-11,14-15,22H,5-9,12-13H2,1-4H3. The van der Waals surface area contributed by atoms with Gasteiger partial charge >= 0.3 is 5.97 Å². The Morgan fingerprint density at radius 2 is 2.08 bits per heavy atom. The highest BCUT2D eigenvalue weighted by Crippen LogP contribution is 2.42. The van der Waals surface area contributed by atoms with E-state index in [0.29, 0.717) is 24.6 Å². The van der Waals surface area contributed by atoms with Crippen LogP contribution in [0.25, 0.3) is 0 Å². The highest BCUT2D eigenvalue weighted by atomic mass is 16.5. The van der Waals surface area contributed by atoms with Gasteiger partial charge in [-0.15, -0.1) is 0 Å². The van der Waals surface area contributed by atoms with E-state index in [0.717, 1.165) is 37.7 Å². The van der Waals surface area contributed by atoms with Crippen molar-refractivity contribution in [3.63, 3.8) is 0 Å². The summed E-state index contributed by atoms with van der Waals surface area (Å²) < 4.78 is 11.1. The van der Waals surface area contributed by atoms with Crippen LogP contribution < -0.4 is 4.74 Å². The van der Waals surface area contributed by atoms with E-state index in [-0.39, 0.29) is 17.8 Å². The van der Waals surface area contributed by atoms with E-state index < -0.39 is 0 Å². The summed E-state index contributed by atoms with van der Waals surface area (Å²) in [7, 11) is 5.60. The van der Waals surface area contributed by atoms with Gasteiger partial charge in [0, 0.05) is 18.5 Å². The average Bonchev–Trinajstić information content (AvgIpc) is 2.55. The number of methoxy groups -OCH3 is 1. The first-order chi connectivity index (χ1) is 12.0. The Labute approximate surface area is 150 Å². The SMILES string of the molecule is CCCC(=O)OC1CCCC(c2ccc(O)c(OC)c2CN(C)C)C1. The van der Waals surface area contributed by atoms with Gasteiger partial charge in [-0.3, -0.25) is 4.79 Å². The number of carbonyl (C=O) groups excluding carboxylic acids is 1. The molecule has 0 spiro atoms. The van der Waals surface area contributed by atoms with E-state index in [2.05, 4.69) is 4.90 Å². The van der Waals surface area contributed by atoms with Gasteiger partial charge in [-0.1, -0.05) is 13.0 Å². The van der Waals surface area contributed by atoms with Crippen molar-refractivity contribution in [1.29, 1.82) is 0 Å². The van der Waals surface area contributed by atoms with Gasteiger partial charge in [0.1, 0.15) is 6.10 Å². The van der Waals surface area contributed by atoms with Crippen molar-refractivity contribution >= 4 is 5.97 Å². The van der Waals surface area contributed by atoms with Gasteiger partial charge in [0.2, 0.25) is 0 Å². The van der Waals surface area contributed by atoms with Crippen LogP contribution in [0.3, 0.4) is 0 Å². The van der Waals surface area contributed by atoms with Crippen molar-refractivity contribution in [3.8, 4) is 11.5 Å². The van der Waals surface area contributed by atoms with Gasteiger partial charge in [-0.25, -0.2) is 0 Å². The predicted molar refractivity (Wildman–Crippen MR) is 98.0 cm³/mol. The van der Waals surface area contributed by atoms with E-state index in [4.69, 9.17) is 9.47 Å². The fourth-order valence-corrected chi connectivity index (χ4v) is 3.70. The van der Waals surface area contributed by atoms with Crippen LogP contribution in [0.15, 0.2) is 12.1 Å². The maximum Gasteiger partial charge on any atom is 0.306 e. The number of hydrogen-bond donors (Lipinski definition) is 1. The Morgan fingerprint density at radius 1 is 1.32 bits per heavy atom. The molecule has 1 aromatic rings. The molecule has 2 atom stereocenters. The number of benzene rings is 1. The van der Waals surface area contributed by atoms with Crippen LogP contribution in [0.4, 0.5) is 0 Å². The Kier molecular flexibility index (Phi) is 7.12. The maximum absolute atomic E-state index is 11.8. The Bertz CT molecular complexity index is 585. The summed E-state index contributed by atoms with van der Waals surface area (Å²) >= 11 is 0. The lowest BCUT2D eigenvalue weighted by atomic mass is 9.80. The van der Waals surface area contributed by atoms with Crippen LogP contribution in [-0.4, -0.2) is 43.3 Å². The number of ether oxygens (including phenoxy) is 2. The summed E-state index contributed by atoms with van der Waals surface area (Å²) in [6.45, 7) is 2.69. The molecular formula is C20H31NO4. The number of phenolic OH excluding ortho intramolecular Hbond substituents is 1. The van der Waals surface area contributed by atoms with Crippen molar-refractivity contribution in [2.75, 3.05) is 21.2 Å². The van der Waals surface area contributed by atoms with Crippen molar-refractivity contribution in [2.24, 2.45) is 0 Å². The maximum atomic E-state index is 11.8. The zero-order chi connectivity index (χ0) is 18.4. The van der Waals surface area contributed by atoms with Crippen LogP contribution >= 0.6 is 0 Å². The van der Waals surface area contributed by atoms with Gasteiger partial charge in [0.15, 0.2) is 11.5 Å². The molecule has 5 heteroatoms. The third-order valence-electron chi connectivity index (χ3n) is 4.77. The predicted octanol–water partition coefficient (Wildman–Crippen LogP) is 3.83. The molecule has 2 unspecified atom stereocenters. The van der Waals surface area contributed by atoms with Crippen LogP contribution in [0, 0.1) is 0 Å². The molecule has 2 rings (SSSR count). The second-order valence-electron chi connectivity index (χ2n) is 7.15. The zero-order valence-electron chi connectivity index (χ0n) is 15.9. The second kappa shape index (κ2) is 9.09. The van der Waals surface area contributed by atoms with Gasteiger partial charge in [-0.05, 0) is 63.7 Å². The molecule has 0 bridgehead atoms. The molecule has 1 aliphatic rings. The number of aromatic hydroxyl groups is 1. The number of rotatable bonds is 7. The number of phenols is 1. The second-order valence-corrected chi connectivity index (χ2v) is 7.15. The number of carbonyl (C=O) groups is 1. The summed E-state index contributed by atoms with van der Waals surface area (Å²) in [5, 5.41) is 10.1. The van der Waals surface area contributed by atoms with Gasteiger partial charge in [-0.2, -0.15) is 0 Å². The topological polar surface area (TPSA) is 59.0 Å². The molecule has 1 fully saturated rings. The first kappa shape index (κ1) is 19.6. The fourth-order valence-electron chi connectivity index (χ4n) is 3.70. The van der Waals surface area contributed by atoms with Crippen molar-refractivity contribution in [3.05, 3.63) is 23.3 Å². The molecule has 0 heterocycles. The summed E-state index contributed by atoms with van der Waals surface area (Å²) in [6, 6.07) is 3.71. The molecule has 0 saturated heterocycles. The molecule has 1 N–H and O–H groups in total. The normalized spacial score (nSPS) is 20.5. The van der Waals surface area contributed by atoms with E-state index in [1.54, 1.807) is 13.2 Å². The van der Waals surface area contributed by atoms with Gasteiger partial charge < -0.3 is 19.5 Å². The molecular weight excluding hydrogens is 318 g/mol. The lowest BCUT2D eigenvalue weighted by Gasteiger charge is -2.31. The lowest BCUT2D eigenvalue weighted by molar-refractivity contribution is -0.150. The molecule has 0 amide bonds. The first-order valence-corrected chi connectivity index (χ1v) is 9.19. The monoisotopic (exact) mass is 349 g/mol. The Hall–Kier alpha value is -1.75. The molecule has 0 aromatic heterocycles. The lowest BCUT2D eigenvalue weighted by Crippen LogP contribution is -2.25. The number of hydrogen-bond acceptors (Lipinski definition) is 5. The largest absolute Gasteiger partial charge is 0.504 e. The minimum atomic E-state index is -0.0926. The van der Waals surface area contributed by atoms with Crippen LogP contribution in [-0.2, 0) is 16.1 Å². The smallest absolute Gasteiger partial charge is 0.306 e. The summed E-state index contributed by atoms with van der Waals surface area (Å²) in [5.74, 6) is 0.948. The number of esters is 1. The van der Waals surface area contributed by atoms with Crippen LogP contribution in [0.5, 0.6) is 11.5 Å². The van der Waals surface area contributed by atoms with Crippen molar-refractivity contribution < 1.29 is 19.4 Å². The van der Waals surface area contributed by atoms with Crippen LogP contribution in [0.1, 0.15) is 62.5 Å². The zero-order valence-corrected chi connectivity index (χ0v) is 15.9. The minimum absolute atomic E-state index is 0.00944. The average molecular weight is 349 g/mol. The van der Waals surface area contributed by atoms with E-state index in [1.807, 2.05) is 27.1 Å². The molecule has 140 valence electrons.